The van der Waals surface area contributed by atoms with Gasteiger partial charge in [-0.15, -0.1) is 0 Å². The first kappa shape index (κ1) is 19.8. The molecule has 0 bridgehead atoms. The Morgan fingerprint density at radius 3 is 2.04 bits per heavy atom. The van der Waals surface area contributed by atoms with E-state index in [1.807, 2.05) is 36.4 Å². The van der Waals surface area contributed by atoms with Crippen LogP contribution < -0.4 is 5.32 Å². The lowest BCUT2D eigenvalue weighted by Crippen LogP contribution is -2.35. The van der Waals surface area contributed by atoms with Gasteiger partial charge < -0.3 is 10.2 Å². The van der Waals surface area contributed by atoms with E-state index in [0.717, 1.165) is 54.1 Å². The van der Waals surface area contributed by atoms with Gasteiger partial charge in [-0.25, -0.2) is 4.98 Å². The number of halogens is 2. The number of benzene rings is 2. The highest BCUT2D eigenvalue weighted by Crippen LogP contribution is 2.28. The average molecular weight is 573 g/mol. The van der Waals surface area contributed by atoms with Crippen LogP contribution in [0.5, 0.6) is 0 Å². The summed E-state index contributed by atoms with van der Waals surface area (Å²) in [7, 11) is 0. The number of amides is 1. The lowest BCUT2D eigenvalue weighted by atomic mass is 10.0. The highest BCUT2D eigenvalue weighted by atomic mass is 127. The number of rotatable bonds is 6. The van der Waals surface area contributed by atoms with Gasteiger partial charge in [0, 0.05) is 31.0 Å². The number of hydrogen-bond donors (Lipinski definition) is 1. The van der Waals surface area contributed by atoms with E-state index in [0.29, 0.717) is 6.54 Å². The first-order valence-corrected chi connectivity index (χ1v) is 10.9. The molecule has 0 aliphatic rings. The molecule has 6 heteroatoms. The van der Waals surface area contributed by atoms with Crippen molar-refractivity contribution in [3.8, 4) is 0 Å². The van der Waals surface area contributed by atoms with Crippen molar-refractivity contribution in [2.24, 2.45) is 0 Å². The van der Waals surface area contributed by atoms with Gasteiger partial charge in [0.25, 0.3) is 5.91 Å². The number of likely N-dealkylation sites (N-methyl/N-ethyl adjacent to an activating group) is 1. The first-order chi connectivity index (χ1) is 12.5. The van der Waals surface area contributed by atoms with Gasteiger partial charge in [-0.1, -0.05) is 13.8 Å². The minimum atomic E-state index is -0.0291. The molecule has 136 valence electrons. The summed E-state index contributed by atoms with van der Waals surface area (Å²) >= 11 is 4.56. The van der Waals surface area contributed by atoms with Crippen LogP contribution in [0.25, 0.3) is 21.8 Å². The van der Waals surface area contributed by atoms with Crippen molar-refractivity contribution in [3.05, 3.63) is 49.1 Å². The molecular formula is C20H21I2N3O. The largest absolute Gasteiger partial charge is 0.351 e. The van der Waals surface area contributed by atoms with Crippen LogP contribution >= 0.6 is 45.2 Å². The van der Waals surface area contributed by atoms with Crippen LogP contribution in [0.2, 0.25) is 0 Å². The molecule has 2 aromatic carbocycles. The maximum Gasteiger partial charge on any atom is 0.252 e. The zero-order valence-corrected chi connectivity index (χ0v) is 19.2. The molecule has 0 radical (unpaired) electrons. The summed E-state index contributed by atoms with van der Waals surface area (Å²) < 4.78 is 2.19. The SMILES string of the molecule is CCN(CC)CCNC(=O)c1c2cc(I)ccc2nc2ccc(I)cc12. The molecule has 0 fully saturated rings. The fourth-order valence-electron chi connectivity index (χ4n) is 3.09. The summed E-state index contributed by atoms with van der Waals surface area (Å²) in [6.45, 7) is 7.75. The fourth-order valence-corrected chi connectivity index (χ4v) is 4.07. The molecule has 4 nitrogen and oxygen atoms in total. The predicted octanol–water partition coefficient (Wildman–Crippen LogP) is 4.67. The minimum Gasteiger partial charge on any atom is -0.351 e. The molecule has 0 saturated carbocycles. The number of fused-ring (bicyclic) bond motifs is 2. The van der Waals surface area contributed by atoms with Crippen molar-refractivity contribution in [1.29, 1.82) is 0 Å². The highest BCUT2D eigenvalue weighted by molar-refractivity contribution is 14.1. The van der Waals surface area contributed by atoms with Crippen LogP contribution in [0.1, 0.15) is 24.2 Å². The summed E-state index contributed by atoms with van der Waals surface area (Å²) in [6, 6.07) is 12.1. The van der Waals surface area contributed by atoms with Gasteiger partial charge >= 0.3 is 0 Å². The van der Waals surface area contributed by atoms with Crippen molar-refractivity contribution >= 4 is 72.9 Å². The minimum absolute atomic E-state index is 0.0291. The van der Waals surface area contributed by atoms with Crippen molar-refractivity contribution in [2.45, 2.75) is 13.8 Å². The van der Waals surface area contributed by atoms with Gasteiger partial charge in [0.05, 0.1) is 16.6 Å². The van der Waals surface area contributed by atoms with Crippen molar-refractivity contribution < 1.29 is 4.79 Å². The van der Waals surface area contributed by atoms with Gasteiger partial charge in [-0.3, -0.25) is 4.79 Å². The number of aromatic nitrogens is 1. The average Bonchev–Trinajstić information content (AvgIpc) is 2.63. The molecule has 0 aliphatic carbocycles. The van der Waals surface area contributed by atoms with Gasteiger partial charge in [0.2, 0.25) is 0 Å². The van der Waals surface area contributed by atoms with E-state index in [-0.39, 0.29) is 5.91 Å². The smallest absolute Gasteiger partial charge is 0.252 e. The summed E-state index contributed by atoms with van der Waals surface area (Å²) in [5, 5.41) is 4.93. The fraction of sp³-hybridized carbons (Fsp3) is 0.300. The van der Waals surface area contributed by atoms with E-state index in [2.05, 4.69) is 69.2 Å². The number of pyridine rings is 1. The molecule has 1 N–H and O–H groups in total. The molecule has 0 atom stereocenters. The summed E-state index contributed by atoms with van der Waals surface area (Å²) in [6.07, 6.45) is 0. The summed E-state index contributed by atoms with van der Waals surface area (Å²) in [4.78, 5) is 20.1. The Labute approximate surface area is 181 Å². The maximum absolute atomic E-state index is 13.1. The zero-order valence-electron chi connectivity index (χ0n) is 14.9. The highest BCUT2D eigenvalue weighted by Gasteiger charge is 2.17. The Hall–Kier alpha value is -1.000. The molecule has 3 rings (SSSR count). The molecule has 1 aromatic heterocycles. The van der Waals surface area contributed by atoms with Crippen molar-refractivity contribution in [2.75, 3.05) is 26.2 Å². The van der Waals surface area contributed by atoms with Crippen LogP contribution in [-0.2, 0) is 0 Å². The number of hydrogen-bond acceptors (Lipinski definition) is 3. The maximum atomic E-state index is 13.1. The van der Waals surface area contributed by atoms with E-state index in [1.165, 1.54) is 0 Å². The molecule has 1 heterocycles. The van der Waals surface area contributed by atoms with Crippen LogP contribution in [0.3, 0.4) is 0 Å². The quantitative estimate of drug-likeness (QED) is 0.345. The topological polar surface area (TPSA) is 45.2 Å². The van der Waals surface area contributed by atoms with E-state index < -0.39 is 0 Å². The van der Waals surface area contributed by atoms with Crippen LogP contribution in [0, 0.1) is 7.14 Å². The van der Waals surface area contributed by atoms with E-state index in [1.54, 1.807) is 0 Å². The standard InChI is InChI=1S/C20H21I2N3O/c1-3-25(4-2)10-9-23-20(26)19-15-11-13(21)5-7-17(15)24-18-8-6-14(22)12-16(18)19/h5-8,11-12H,3-4,9-10H2,1-2H3,(H,23,26). The van der Waals surface area contributed by atoms with E-state index >= 15 is 0 Å². The third kappa shape index (κ3) is 4.28. The molecule has 0 aliphatic heterocycles. The second kappa shape index (κ2) is 8.79. The van der Waals surface area contributed by atoms with E-state index in [4.69, 9.17) is 4.98 Å². The Balaban J connectivity index is 2.04. The molecular weight excluding hydrogens is 552 g/mol. The van der Waals surface area contributed by atoms with Gasteiger partial charge in [0.15, 0.2) is 0 Å². The van der Waals surface area contributed by atoms with Crippen LogP contribution in [0.15, 0.2) is 36.4 Å². The Morgan fingerprint density at radius 2 is 1.54 bits per heavy atom. The van der Waals surface area contributed by atoms with Gasteiger partial charge in [0.1, 0.15) is 0 Å². The number of carbonyl (C=O) groups excluding carboxylic acids is 1. The second-order valence-electron chi connectivity index (χ2n) is 6.09. The predicted molar refractivity (Wildman–Crippen MR) is 125 cm³/mol. The molecule has 26 heavy (non-hydrogen) atoms. The Kier molecular flexibility index (Phi) is 6.68. The zero-order chi connectivity index (χ0) is 18.7. The molecule has 0 saturated heterocycles. The number of carbonyl (C=O) groups is 1. The van der Waals surface area contributed by atoms with Crippen LogP contribution in [-0.4, -0.2) is 42.0 Å². The number of nitrogens with one attached hydrogen (secondary N) is 1. The molecule has 0 unspecified atom stereocenters. The van der Waals surface area contributed by atoms with Crippen LogP contribution in [0.4, 0.5) is 0 Å². The monoisotopic (exact) mass is 573 g/mol. The summed E-state index contributed by atoms with van der Waals surface area (Å²) in [5.74, 6) is -0.0291. The normalized spacial score (nSPS) is 11.4. The lowest BCUT2D eigenvalue weighted by Gasteiger charge is -2.18. The second-order valence-corrected chi connectivity index (χ2v) is 8.58. The van der Waals surface area contributed by atoms with Crippen molar-refractivity contribution in [3.63, 3.8) is 0 Å². The third-order valence-electron chi connectivity index (χ3n) is 4.53. The lowest BCUT2D eigenvalue weighted by molar-refractivity contribution is 0.0952. The number of nitrogens with zero attached hydrogens (tertiary/aromatic N) is 2. The van der Waals surface area contributed by atoms with Gasteiger partial charge in [-0.05, 0) is 94.7 Å². The third-order valence-corrected chi connectivity index (χ3v) is 5.87. The Bertz CT molecular complexity index is 895. The molecule has 3 aromatic rings. The molecule has 1 amide bonds. The first-order valence-electron chi connectivity index (χ1n) is 8.72. The summed E-state index contributed by atoms with van der Waals surface area (Å²) in [5.41, 5.74) is 2.43. The Morgan fingerprint density at radius 1 is 1.00 bits per heavy atom. The van der Waals surface area contributed by atoms with Crippen molar-refractivity contribution in [1.82, 2.24) is 15.2 Å². The van der Waals surface area contributed by atoms with E-state index in [9.17, 15) is 4.79 Å². The molecule has 0 spiro atoms. The van der Waals surface area contributed by atoms with Gasteiger partial charge in [-0.2, -0.15) is 0 Å².